The summed E-state index contributed by atoms with van der Waals surface area (Å²) in [6, 6.07) is 19.3. The monoisotopic (exact) mass is 587 g/mol. The minimum Gasteiger partial charge on any atom is -0.328 e. The second kappa shape index (κ2) is 17.7. The van der Waals surface area contributed by atoms with E-state index in [4.69, 9.17) is 4.84 Å². The average Bonchev–Trinajstić information content (AvgIpc) is 3.51. The highest BCUT2D eigenvalue weighted by Gasteiger charge is 2.35. The second-order valence-electron chi connectivity index (χ2n) is 11.4. The molecule has 2 aromatic carbocycles. The number of benzene rings is 2. The van der Waals surface area contributed by atoms with Crippen molar-refractivity contribution in [3.8, 4) is 0 Å². The Morgan fingerprint density at radius 2 is 1.67 bits per heavy atom. The van der Waals surface area contributed by atoms with Crippen molar-refractivity contribution < 1.29 is 19.2 Å². The lowest BCUT2D eigenvalue weighted by atomic mass is 9.82. The molecule has 9 heteroatoms. The van der Waals surface area contributed by atoms with E-state index in [1.165, 1.54) is 5.01 Å². The number of carbonyl (C=O) groups is 3. The number of aromatic nitrogens is 2. The van der Waals surface area contributed by atoms with Gasteiger partial charge >= 0.3 is 0 Å². The predicted molar refractivity (Wildman–Crippen MR) is 167 cm³/mol. The number of allylic oxidation sites excluding steroid dienone is 1. The van der Waals surface area contributed by atoms with Crippen molar-refractivity contribution >= 4 is 23.8 Å². The van der Waals surface area contributed by atoms with Gasteiger partial charge in [-0.1, -0.05) is 107 Å². The van der Waals surface area contributed by atoms with E-state index in [0.29, 0.717) is 19.4 Å². The van der Waals surface area contributed by atoms with Crippen LogP contribution in [0.4, 0.5) is 0 Å². The molecule has 3 aromatic rings. The molecule has 0 saturated heterocycles. The van der Waals surface area contributed by atoms with Crippen LogP contribution in [0.2, 0.25) is 0 Å². The van der Waals surface area contributed by atoms with Gasteiger partial charge in [-0.15, -0.1) is 0 Å². The Labute approximate surface area is 255 Å². The first-order valence-corrected chi connectivity index (χ1v) is 15.0. The smallest absolute Gasteiger partial charge is 0.260 e. The largest absolute Gasteiger partial charge is 0.328 e. The maximum atomic E-state index is 14.0. The third kappa shape index (κ3) is 11.5. The molecule has 0 fully saturated rings. The molecule has 3 amide bonds. The van der Waals surface area contributed by atoms with E-state index in [2.05, 4.69) is 15.9 Å². The quantitative estimate of drug-likeness (QED) is 0.218. The van der Waals surface area contributed by atoms with Crippen molar-refractivity contribution in [2.45, 2.75) is 60.1 Å². The van der Waals surface area contributed by atoms with Crippen LogP contribution in [0.5, 0.6) is 0 Å². The summed E-state index contributed by atoms with van der Waals surface area (Å²) in [6.07, 6.45) is 10.3. The zero-order chi connectivity index (χ0) is 31.0. The van der Waals surface area contributed by atoms with E-state index >= 15 is 0 Å². The summed E-state index contributed by atoms with van der Waals surface area (Å²) in [5, 5.41) is 1.39. The van der Waals surface area contributed by atoms with Gasteiger partial charge in [-0.05, 0) is 35.8 Å². The highest BCUT2D eigenvalue weighted by atomic mass is 16.6. The van der Waals surface area contributed by atoms with Crippen LogP contribution in [0.1, 0.15) is 58.1 Å². The van der Waals surface area contributed by atoms with Crippen LogP contribution in [-0.4, -0.2) is 38.8 Å². The minimum absolute atomic E-state index is 0.0443. The van der Waals surface area contributed by atoms with Crippen LogP contribution in [0.15, 0.2) is 85.5 Å². The lowest BCUT2D eigenvalue weighted by Gasteiger charge is -2.31. The van der Waals surface area contributed by atoms with Crippen LogP contribution in [0.3, 0.4) is 0 Å². The number of hydrazine groups is 1. The number of nitrogens with zero attached hydrogens (tertiary/aromatic N) is 3. The summed E-state index contributed by atoms with van der Waals surface area (Å²) in [7, 11) is 0. The molecule has 1 aromatic heterocycles. The van der Waals surface area contributed by atoms with E-state index in [0.717, 1.165) is 17.5 Å². The van der Waals surface area contributed by atoms with Crippen molar-refractivity contribution in [3.05, 3.63) is 96.6 Å². The van der Waals surface area contributed by atoms with Crippen LogP contribution in [0.25, 0.3) is 6.08 Å². The van der Waals surface area contributed by atoms with E-state index in [9.17, 15) is 14.4 Å². The Morgan fingerprint density at radius 3 is 2.30 bits per heavy atom. The SMILES string of the molecule is CC[C@H](C)CN(NC(=O)[C@H](CC(C)C)[C@H](C/C=C/c1ccccc1)C(=O)NOCc1ccccc1)C(=O)Cn1ccnc1. The molecule has 0 radical (unpaired) electrons. The van der Waals surface area contributed by atoms with Gasteiger partial charge < -0.3 is 4.57 Å². The number of hydrogen-bond donors (Lipinski definition) is 2. The molecule has 0 aliphatic carbocycles. The van der Waals surface area contributed by atoms with E-state index in [1.54, 1.807) is 23.3 Å². The Hall–Kier alpha value is -4.24. The molecular weight excluding hydrogens is 542 g/mol. The van der Waals surface area contributed by atoms with Gasteiger partial charge in [0.2, 0.25) is 11.8 Å². The first-order chi connectivity index (χ1) is 20.8. The lowest BCUT2D eigenvalue weighted by Crippen LogP contribution is -2.53. The molecule has 1 heterocycles. The number of imidazole rings is 1. The first kappa shape index (κ1) is 33.3. The molecule has 0 unspecified atom stereocenters. The highest BCUT2D eigenvalue weighted by molar-refractivity contribution is 5.89. The average molecular weight is 588 g/mol. The van der Waals surface area contributed by atoms with Gasteiger partial charge in [0.1, 0.15) is 6.54 Å². The maximum absolute atomic E-state index is 14.0. The fourth-order valence-corrected chi connectivity index (χ4v) is 4.66. The first-order valence-electron chi connectivity index (χ1n) is 15.0. The Morgan fingerprint density at radius 1 is 0.977 bits per heavy atom. The van der Waals surface area contributed by atoms with Gasteiger partial charge in [0.15, 0.2) is 0 Å². The molecule has 0 saturated carbocycles. The van der Waals surface area contributed by atoms with E-state index < -0.39 is 11.8 Å². The number of amides is 3. The number of hydroxylamine groups is 1. The van der Waals surface area contributed by atoms with E-state index in [-0.39, 0.29) is 42.7 Å². The predicted octanol–water partition coefficient (Wildman–Crippen LogP) is 5.42. The normalized spacial score (nSPS) is 13.4. The van der Waals surface area contributed by atoms with Crippen LogP contribution in [0, 0.1) is 23.7 Å². The standard InChI is InChI=1S/C34H45N5O4/c1-5-27(4)22-39(32(40)23-38-20-19-35-25-38)36-33(41)31(21-26(2)3)30(18-12-17-28-13-8-6-9-14-28)34(42)37-43-24-29-15-10-7-11-16-29/h6-17,19-20,25-27,30-31H,5,18,21-24H2,1-4H3,(H,36,41)(H,37,42)/b17-12+/t27-,30-,31+/m0/s1. The van der Waals surface area contributed by atoms with Gasteiger partial charge in [-0.25, -0.2) is 10.5 Å². The Bertz CT molecular complexity index is 1280. The van der Waals surface area contributed by atoms with Crippen molar-refractivity contribution in [3.63, 3.8) is 0 Å². The third-order valence-corrected chi connectivity index (χ3v) is 7.25. The number of rotatable bonds is 16. The summed E-state index contributed by atoms with van der Waals surface area (Å²) < 4.78 is 1.67. The molecule has 0 bridgehead atoms. The van der Waals surface area contributed by atoms with E-state index in [1.807, 2.05) is 101 Å². The summed E-state index contributed by atoms with van der Waals surface area (Å²) in [5.41, 5.74) is 7.39. The molecule has 2 N–H and O–H groups in total. The number of nitrogens with one attached hydrogen (secondary N) is 2. The van der Waals surface area contributed by atoms with Gasteiger partial charge in [0.05, 0.1) is 24.8 Å². The molecule has 0 spiro atoms. The second-order valence-corrected chi connectivity index (χ2v) is 11.4. The number of hydrogen-bond acceptors (Lipinski definition) is 5. The molecule has 0 aliphatic rings. The van der Waals surface area contributed by atoms with Crippen molar-refractivity contribution in [2.24, 2.45) is 23.7 Å². The minimum atomic E-state index is -0.729. The summed E-state index contributed by atoms with van der Waals surface area (Å²) >= 11 is 0. The van der Waals surface area contributed by atoms with Crippen molar-refractivity contribution in [1.29, 1.82) is 0 Å². The highest BCUT2D eigenvalue weighted by Crippen LogP contribution is 2.26. The topological polar surface area (TPSA) is 106 Å². The Kier molecular flexibility index (Phi) is 13.7. The lowest BCUT2D eigenvalue weighted by molar-refractivity contribution is -0.149. The fourth-order valence-electron chi connectivity index (χ4n) is 4.66. The van der Waals surface area contributed by atoms with Gasteiger partial charge in [0, 0.05) is 18.9 Å². The molecule has 0 aliphatic heterocycles. The molecule has 43 heavy (non-hydrogen) atoms. The van der Waals surface area contributed by atoms with Crippen molar-refractivity contribution in [1.82, 2.24) is 25.5 Å². The van der Waals surface area contributed by atoms with Gasteiger partial charge in [-0.3, -0.25) is 29.7 Å². The molecule has 230 valence electrons. The number of carbonyl (C=O) groups excluding carboxylic acids is 3. The van der Waals surface area contributed by atoms with Gasteiger partial charge in [0.25, 0.3) is 5.91 Å². The van der Waals surface area contributed by atoms with Crippen LogP contribution < -0.4 is 10.9 Å². The summed E-state index contributed by atoms with van der Waals surface area (Å²) in [6.45, 7) is 8.71. The van der Waals surface area contributed by atoms with Crippen LogP contribution >= 0.6 is 0 Å². The molecular formula is C34H45N5O4. The Balaban J connectivity index is 1.82. The molecule has 9 nitrogen and oxygen atoms in total. The van der Waals surface area contributed by atoms with Crippen molar-refractivity contribution in [2.75, 3.05) is 6.54 Å². The third-order valence-electron chi connectivity index (χ3n) is 7.25. The molecule has 3 atom stereocenters. The zero-order valence-electron chi connectivity index (χ0n) is 25.7. The van der Waals surface area contributed by atoms with Crippen LogP contribution in [-0.2, 0) is 32.4 Å². The summed E-state index contributed by atoms with van der Waals surface area (Å²) in [4.78, 5) is 50.5. The fraction of sp³-hybridized carbons (Fsp3) is 0.412. The molecule has 3 rings (SSSR count). The maximum Gasteiger partial charge on any atom is 0.260 e. The summed E-state index contributed by atoms with van der Waals surface area (Å²) in [5.74, 6) is -2.16. The zero-order valence-corrected chi connectivity index (χ0v) is 25.7. The van der Waals surface area contributed by atoms with Gasteiger partial charge in [-0.2, -0.15) is 0 Å².